The van der Waals surface area contributed by atoms with Crippen LogP contribution in [0.2, 0.25) is 0 Å². The number of hydrogen-bond acceptors (Lipinski definition) is 8. The minimum absolute atomic E-state index is 0.0427. The van der Waals surface area contributed by atoms with Gasteiger partial charge in [-0.15, -0.1) is 0 Å². The average molecular weight is 845 g/mol. The Hall–Kier alpha value is -4.36. The molecule has 0 saturated heterocycles. The molecule has 0 atom stereocenters. The van der Waals surface area contributed by atoms with Gasteiger partial charge < -0.3 is 29.6 Å². The molecule has 60 heavy (non-hydrogen) atoms. The number of fused-ring (bicyclic) bond motifs is 2. The average Bonchev–Trinajstić information content (AvgIpc) is 3.54. The fourth-order valence-electron chi connectivity index (χ4n) is 8.10. The molecule has 2 N–H and O–H groups in total. The van der Waals surface area contributed by atoms with Crippen molar-refractivity contribution in [3.05, 3.63) is 101 Å². The number of amides is 2. The third kappa shape index (κ3) is 13.3. The van der Waals surface area contributed by atoms with Crippen LogP contribution in [0, 0.1) is 6.92 Å². The summed E-state index contributed by atoms with van der Waals surface area (Å²) in [5.41, 5.74) is 6.98. The summed E-state index contributed by atoms with van der Waals surface area (Å²) in [6.07, 6.45) is 22.2. The minimum Gasteiger partial charge on any atom is -0.744 e. The van der Waals surface area contributed by atoms with Crippen molar-refractivity contribution in [3.8, 4) is 0 Å². The summed E-state index contributed by atoms with van der Waals surface area (Å²) in [7, 11) is -1.30. The Morgan fingerprint density at radius 3 is 2.00 bits per heavy atom. The number of nitrogens with one attached hydrogen (secondary N) is 2. The molecule has 0 saturated carbocycles. The van der Waals surface area contributed by atoms with E-state index in [1.165, 1.54) is 34.6 Å². The summed E-state index contributed by atoms with van der Waals surface area (Å²) < 4.78 is 48.2. The van der Waals surface area contributed by atoms with E-state index in [4.69, 9.17) is 9.47 Å². The molecule has 2 aromatic rings. The maximum atomic E-state index is 12.3. The van der Waals surface area contributed by atoms with Crippen LogP contribution in [0.5, 0.6) is 0 Å². The van der Waals surface area contributed by atoms with E-state index in [0.29, 0.717) is 45.7 Å². The topological polar surface area (TPSA) is 140 Å². The molecule has 0 bridgehead atoms. The SMILES string of the molecule is COCCCNC(=O)CCCCCN1/C(=C/C=C/C=C/C=C/C2=[N+](CCCCCC(=O)NCCCOC)c3ccc(S(=O)(=O)[O-])cc3C2(C)C)C(C)(C)c2cc(C)ccc21. The van der Waals surface area contributed by atoms with Crippen LogP contribution in [0.25, 0.3) is 0 Å². The molecule has 0 radical (unpaired) electrons. The van der Waals surface area contributed by atoms with E-state index in [9.17, 15) is 22.6 Å². The van der Waals surface area contributed by atoms with E-state index in [1.54, 1.807) is 20.3 Å². The van der Waals surface area contributed by atoms with Crippen molar-refractivity contribution >= 4 is 39.0 Å². The maximum absolute atomic E-state index is 12.3. The van der Waals surface area contributed by atoms with Gasteiger partial charge in [-0.1, -0.05) is 68.3 Å². The van der Waals surface area contributed by atoms with E-state index in [2.05, 4.69) is 77.3 Å². The van der Waals surface area contributed by atoms with Gasteiger partial charge in [-0.3, -0.25) is 9.59 Å². The van der Waals surface area contributed by atoms with Crippen molar-refractivity contribution in [2.24, 2.45) is 0 Å². The first-order chi connectivity index (χ1) is 28.6. The standard InChI is InChI=1S/C48H68N4O7S/c1-37-25-27-41-39(35-37)47(2,3)43(51(41)31-17-11-15-23-45(53)49-29-19-33-58-6)21-13-9-8-10-14-22-44-48(4,5)40-36-38(60(55,56)57)26-28-42(40)52(44)32-18-12-16-24-46(54)50-30-20-34-59-7/h8-10,13-14,21-22,25-28,35-36H,11-12,15-20,23-24,29-34H2,1-7H3,(H2-,49,50,53,54,55,56,57). The molecular weight excluding hydrogens is 777 g/mol. The van der Waals surface area contributed by atoms with Gasteiger partial charge in [0, 0.05) is 101 Å². The maximum Gasteiger partial charge on any atom is 0.219 e. The first-order valence-corrected chi connectivity index (χ1v) is 22.9. The van der Waals surface area contributed by atoms with Gasteiger partial charge in [-0.25, -0.2) is 8.42 Å². The summed E-state index contributed by atoms with van der Waals surface area (Å²) in [5, 5.41) is 5.92. The van der Waals surface area contributed by atoms with Gasteiger partial charge in [0.25, 0.3) is 0 Å². The van der Waals surface area contributed by atoms with Crippen LogP contribution >= 0.6 is 0 Å². The zero-order valence-electron chi connectivity index (χ0n) is 37.0. The minimum atomic E-state index is -4.61. The number of methoxy groups -OCH3 is 2. The normalized spacial score (nSPS) is 16.5. The number of hydrogen-bond donors (Lipinski definition) is 2. The molecule has 4 rings (SSSR count). The Bertz CT molecular complexity index is 2050. The molecule has 2 heterocycles. The molecule has 0 aromatic heterocycles. The number of aryl methyl sites for hydroxylation is 1. The predicted octanol–water partition coefficient (Wildman–Crippen LogP) is 8.05. The Labute approximate surface area is 359 Å². The van der Waals surface area contributed by atoms with Crippen LogP contribution in [-0.4, -0.2) is 88.7 Å². The van der Waals surface area contributed by atoms with Gasteiger partial charge in [0.15, 0.2) is 5.71 Å². The van der Waals surface area contributed by atoms with Crippen molar-refractivity contribution in [2.75, 3.05) is 58.5 Å². The predicted molar refractivity (Wildman–Crippen MR) is 240 cm³/mol. The van der Waals surface area contributed by atoms with E-state index in [-0.39, 0.29) is 22.1 Å². The lowest BCUT2D eigenvalue weighted by Gasteiger charge is -2.27. The molecule has 0 fully saturated rings. The quantitative estimate of drug-likeness (QED) is 0.0443. The fraction of sp³-hybridized carbons (Fsp3) is 0.521. The molecular formula is C48H68N4O7S. The number of carbonyl (C=O) groups excluding carboxylic acids is 2. The first kappa shape index (κ1) is 48.3. The number of nitrogens with zero attached hydrogens (tertiary/aromatic N) is 2. The van der Waals surface area contributed by atoms with Gasteiger partial charge in [0.2, 0.25) is 17.5 Å². The van der Waals surface area contributed by atoms with Gasteiger partial charge in [0.1, 0.15) is 16.7 Å². The summed E-state index contributed by atoms with van der Waals surface area (Å²) in [4.78, 5) is 26.7. The second-order valence-electron chi connectivity index (χ2n) is 16.8. The van der Waals surface area contributed by atoms with Crippen LogP contribution < -0.4 is 15.5 Å². The zero-order valence-corrected chi connectivity index (χ0v) is 37.8. The summed E-state index contributed by atoms with van der Waals surface area (Å²) in [5.74, 6) is 0.142. The highest BCUT2D eigenvalue weighted by Gasteiger charge is 2.44. The zero-order chi connectivity index (χ0) is 43.8. The fourth-order valence-corrected chi connectivity index (χ4v) is 8.59. The van der Waals surface area contributed by atoms with Crippen LogP contribution in [0.15, 0.2) is 89.5 Å². The number of carbonyl (C=O) groups is 2. The number of allylic oxidation sites excluding steroid dienone is 8. The highest BCUT2D eigenvalue weighted by molar-refractivity contribution is 7.85. The summed E-state index contributed by atoms with van der Waals surface area (Å²) in [6, 6.07) is 11.3. The summed E-state index contributed by atoms with van der Waals surface area (Å²) in [6.45, 7) is 14.8. The number of rotatable bonds is 25. The van der Waals surface area contributed by atoms with Gasteiger partial charge >= 0.3 is 0 Å². The number of benzene rings is 2. The number of anilines is 1. The van der Waals surface area contributed by atoms with Crippen molar-refractivity contribution in [2.45, 2.75) is 115 Å². The number of unbranched alkanes of at least 4 members (excludes halogenated alkanes) is 4. The van der Waals surface area contributed by atoms with E-state index in [0.717, 1.165) is 74.9 Å². The Kier molecular flexibility index (Phi) is 18.5. The lowest BCUT2D eigenvalue weighted by Crippen LogP contribution is -2.28. The van der Waals surface area contributed by atoms with Crippen molar-refractivity contribution < 1.29 is 36.6 Å². The van der Waals surface area contributed by atoms with E-state index >= 15 is 0 Å². The third-order valence-corrected chi connectivity index (χ3v) is 12.2. The Balaban J connectivity index is 1.44. The molecule has 2 aliphatic heterocycles. The van der Waals surface area contributed by atoms with Gasteiger partial charge in [0.05, 0.1) is 10.3 Å². The largest absolute Gasteiger partial charge is 0.744 e. The second kappa shape index (κ2) is 23.0. The number of ether oxygens (including phenoxy) is 2. The second-order valence-corrected chi connectivity index (χ2v) is 18.2. The van der Waals surface area contributed by atoms with Gasteiger partial charge in [-0.05, 0) is 89.1 Å². The van der Waals surface area contributed by atoms with Crippen LogP contribution in [0.1, 0.15) is 109 Å². The first-order valence-electron chi connectivity index (χ1n) is 21.5. The molecule has 2 aromatic carbocycles. The molecule has 11 nitrogen and oxygen atoms in total. The molecule has 0 spiro atoms. The van der Waals surface area contributed by atoms with Crippen molar-refractivity contribution in [1.29, 1.82) is 0 Å². The van der Waals surface area contributed by atoms with Crippen LogP contribution in [0.3, 0.4) is 0 Å². The van der Waals surface area contributed by atoms with Gasteiger partial charge in [-0.2, -0.15) is 4.58 Å². The Morgan fingerprint density at radius 1 is 0.750 bits per heavy atom. The molecule has 12 heteroatoms. The third-order valence-electron chi connectivity index (χ3n) is 11.4. The summed E-state index contributed by atoms with van der Waals surface area (Å²) >= 11 is 0. The van der Waals surface area contributed by atoms with Crippen LogP contribution in [0.4, 0.5) is 11.4 Å². The molecule has 0 aliphatic carbocycles. The van der Waals surface area contributed by atoms with E-state index in [1.807, 2.05) is 38.2 Å². The van der Waals surface area contributed by atoms with E-state index < -0.39 is 15.5 Å². The molecule has 2 aliphatic rings. The van der Waals surface area contributed by atoms with Crippen molar-refractivity contribution in [3.63, 3.8) is 0 Å². The molecule has 2 amide bonds. The smallest absolute Gasteiger partial charge is 0.219 e. The Morgan fingerprint density at radius 2 is 1.37 bits per heavy atom. The highest BCUT2D eigenvalue weighted by atomic mass is 32.2. The lowest BCUT2D eigenvalue weighted by molar-refractivity contribution is -0.438. The highest BCUT2D eigenvalue weighted by Crippen LogP contribution is 2.48. The molecule has 0 unspecified atom stereocenters. The monoisotopic (exact) mass is 844 g/mol. The molecule has 328 valence electrons. The van der Waals surface area contributed by atoms with Crippen molar-refractivity contribution in [1.82, 2.24) is 10.6 Å². The lowest BCUT2D eigenvalue weighted by atomic mass is 9.81. The van der Waals surface area contributed by atoms with Crippen LogP contribution in [-0.2, 0) is 40.0 Å².